The van der Waals surface area contributed by atoms with Gasteiger partial charge < -0.3 is 26.0 Å². The maximum atomic E-state index is 11.9. The van der Waals surface area contributed by atoms with Crippen molar-refractivity contribution < 1.29 is 19.7 Å². The molecule has 0 aliphatic carbocycles. The molecule has 0 spiro atoms. The molecule has 1 aromatic rings. The smallest absolute Gasteiger partial charge is 0.236 e. The number of hydrogen-bond acceptors (Lipinski definition) is 6. The quantitative estimate of drug-likeness (QED) is 0.487. The summed E-state index contributed by atoms with van der Waals surface area (Å²) in [5.41, 5.74) is 6.66. The predicted molar refractivity (Wildman–Crippen MR) is 100 cm³/mol. The lowest BCUT2D eigenvalue weighted by atomic mass is 9.99. The van der Waals surface area contributed by atoms with Crippen LogP contribution in [-0.2, 0) is 11.2 Å². The van der Waals surface area contributed by atoms with Gasteiger partial charge in [0.2, 0.25) is 5.91 Å². The third kappa shape index (κ3) is 7.61. The van der Waals surface area contributed by atoms with Crippen LogP contribution in [0.25, 0.3) is 0 Å². The molecule has 0 saturated carbocycles. The van der Waals surface area contributed by atoms with Gasteiger partial charge in [0.1, 0.15) is 0 Å². The van der Waals surface area contributed by atoms with E-state index in [0.29, 0.717) is 25.1 Å². The number of aliphatic hydroxyl groups excluding tert-OH is 1. The van der Waals surface area contributed by atoms with Crippen molar-refractivity contribution in [1.82, 2.24) is 5.32 Å². The van der Waals surface area contributed by atoms with E-state index in [-0.39, 0.29) is 36.6 Å². The van der Waals surface area contributed by atoms with Gasteiger partial charge in [0.05, 0.1) is 13.2 Å². The van der Waals surface area contributed by atoms with Crippen molar-refractivity contribution in [3.63, 3.8) is 0 Å². The molecule has 138 valence electrons. The summed E-state index contributed by atoms with van der Waals surface area (Å²) in [6.45, 7) is 0.280. The van der Waals surface area contributed by atoms with Gasteiger partial charge >= 0.3 is 0 Å². The first-order chi connectivity index (χ1) is 11.0. The summed E-state index contributed by atoms with van der Waals surface area (Å²) in [7, 11) is 1.49. The fraction of sp³-hybridized carbons (Fsp3) is 0.562. The molecule has 2 unspecified atom stereocenters. The number of methoxy groups -OCH3 is 1. The number of amides is 1. The topological polar surface area (TPSA) is 105 Å². The summed E-state index contributed by atoms with van der Waals surface area (Å²) in [6.07, 6.45) is 3.13. The van der Waals surface area contributed by atoms with Gasteiger partial charge in [0, 0.05) is 19.1 Å². The Balaban J connectivity index is 0.00000529. The molecule has 0 saturated heterocycles. The van der Waals surface area contributed by atoms with Gasteiger partial charge in [0.15, 0.2) is 11.5 Å². The van der Waals surface area contributed by atoms with E-state index in [2.05, 4.69) is 5.32 Å². The molecule has 0 fully saturated rings. The van der Waals surface area contributed by atoms with Gasteiger partial charge in [0.25, 0.3) is 0 Å². The first-order valence-electron chi connectivity index (χ1n) is 7.50. The highest BCUT2D eigenvalue weighted by Gasteiger charge is 2.16. The van der Waals surface area contributed by atoms with Crippen LogP contribution in [0.4, 0.5) is 0 Å². The molecule has 0 heterocycles. The maximum absolute atomic E-state index is 11.9. The Kier molecular flexibility index (Phi) is 11.7. The Morgan fingerprint density at radius 3 is 2.71 bits per heavy atom. The van der Waals surface area contributed by atoms with Crippen molar-refractivity contribution in [1.29, 1.82) is 0 Å². The molecule has 0 radical (unpaired) electrons. The largest absolute Gasteiger partial charge is 0.504 e. The van der Waals surface area contributed by atoms with Crippen molar-refractivity contribution in [3.05, 3.63) is 23.8 Å². The Morgan fingerprint density at radius 1 is 1.46 bits per heavy atom. The van der Waals surface area contributed by atoms with Crippen LogP contribution in [-0.4, -0.2) is 54.4 Å². The second-order valence-electron chi connectivity index (χ2n) is 5.39. The van der Waals surface area contributed by atoms with E-state index in [1.165, 1.54) is 7.11 Å². The molecule has 24 heavy (non-hydrogen) atoms. The van der Waals surface area contributed by atoms with Gasteiger partial charge in [-0.05, 0) is 42.5 Å². The molecule has 6 nitrogen and oxygen atoms in total. The summed E-state index contributed by atoms with van der Waals surface area (Å²) in [4.78, 5) is 11.9. The van der Waals surface area contributed by atoms with Gasteiger partial charge in [-0.25, -0.2) is 0 Å². The SMILES string of the molecule is COc1ccc(CC(CO)CNC(=O)C(N)CCSC)cc1O.Cl. The summed E-state index contributed by atoms with van der Waals surface area (Å²) >= 11 is 1.65. The molecule has 0 bridgehead atoms. The minimum atomic E-state index is -0.521. The molecular weight excluding hydrogens is 352 g/mol. The van der Waals surface area contributed by atoms with Crippen LogP contribution in [0, 0.1) is 5.92 Å². The average molecular weight is 379 g/mol. The second kappa shape index (κ2) is 12.2. The maximum Gasteiger partial charge on any atom is 0.236 e. The Labute approximate surface area is 153 Å². The highest BCUT2D eigenvalue weighted by atomic mass is 35.5. The number of hydrogen-bond donors (Lipinski definition) is 4. The number of halogens is 1. The number of ether oxygens (including phenoxy) is 1. The number of nitrogens with one attached hydrogen (secondary N) is 1. The molecule has 1 aromatic carbocycles. The number of benzene rings is 1. The van der Waals surface area contributed by atoms with Crippen LogP contribution in [0.15, 0.2) is 18.2 Å². The first-order valence-corrected chi connectivity index (χ1v) is 8.90. The van der Waals surface area contributed by atoms with Crippen molar-refractivity contribution in [3.8, 4) is 11.5 Å². The van der Waals surface area contributed by atoms with E-state index in [1.807, 2.05) is 12.3 Å². The normalized spacial score (nSPS) is 12.8. The standard InChI is InChI=1S/C16H26N2O4S.ClH/c1-22-15-4-3-11(8-14(15)20)7-12(10-19)9-18-16(21)13(17)5-6-23-2;/h3-4,8,12-13,19-20H,5-7,9-10,17H2,1-2H3,(H,18,21);1H. The number of nitrogens with two attached hydrogens (primary N) is 1. The highest BCUT2D eigenvalue weighted by Crippen LogP contribution is 2.27. The number of phenols is 1. The van der Waals surface area contributed by atoms with Crippen LogP contribution in [0.1, 0.15) is 12.0 Å². The third-order valence-electron chi connectivity index (χ3n) is 3.56. The number of carbonyl (C=O) groups excluding carboxylic acids is 1. The zero-order chi connectivity index (χ0) is 17.2. The molecular formula is C16H27ClN2O4S. The molecule has 8 heteroatoms. The molecule has 2 atom stereocenters. The number of thioether (sulfide) groups is 1. The monoisotopic (exact) mass is 378 g/mol. The summed E-state index contributed by atoms with van der Waals surface area (Å²) in [5.74, 6) is 0.963. The molecule has 1 amide bonds. The highest BCUT2D eigenvalue weighted by molar-refractivity contribution is 7.98. The second-order valence-corrected chi connectivity index (χ2v) is 6.38. The molecule has 0 aliphatic heterocycles. The number of aromatic hydroxyl groups is 1. The first kappa shape index (κ1) is 22.9. The Hall–Kier alpha value is -1.15. The summed E-state index contributed by atoms with van der Waals surface area (Å²) < 4.78 is 5.00. The average Bonchev–Trinajstić information content (AvgIpc) is 2.56. The van der Waals surface area contributed by atoms with Crippen molar-refractivity contribution in [2.75, 3.05) is 32.3 Å². The number of rotatable bonds is 10. The minimum absolute atomic E-state index is 0. The number of carbonyl (C=O) groups is 1. The summed E-state index contributed by atoms with van der Waals surface area (Å²) in [6, 6.07) is 4.59. The third-order valence-corrected chi connectivity index (χ3v) is 4.20. The summed E-state index contributed by atoms with van der Waals surface area (Å²) in [5, 5.41) is 22.0. The Bertz CT molecular complexity index is 505. The molecule has 0 aromatic heterocycles. The molecule has 0 aliphatic rings. The van der Waals surface area contributed by atoms with E-state index < -0.39 is 6.04 Å². The lowest BCUT2D eigenvalue weighted by molar-refractivity contribution is -0.122. The van der Waals surface area contributed by atoms with Crippen LogP contribution in [0.3, 0.4) is 0 Å². The van der Waals surface area contributed by atoms with E-state index >= 15 is 0 Å². The lowest BCUT2D eigenvalue weighted by Crippen LogP contribution is -2.43. The van der Waals surface area contributed by atoms with Crippen molar-refractivity contribution >= 4 is 30.1 Å². The zero-order valence-electron chi connectivity index (χ0n) is 14.0. The molecule has 5 N–H and O–H groups in total. The Morgan fingerprint density at radius 2 is 2.17 bits per heavy atom. The van der Waals surface area contributed by atoms with Crippen LogP contribution >= 0.6 is 24.2 Å². The lowest BCUT2D eigenvalue weighted by Gasteiger charge is -2.18. The van der Waals surface area contributed by atoms with Crippen LogP contribution < -0.4 is 15.8 Å². The van der Waals surface area contributed by atoms with E-state index in [0.717, 1.165) is 11.3 Å². The van der Waals surface area contributed by atoms with E-state index in [4.69, 9.17) is 10.5 Å². The van der Waals surface area contributed by atoms with Crippen molar-refractivity contribution in [2.45, 2.75) is 18.9 Å². The fourth-order valence-corrected chi connectivity index (χ4v) is 2.64. The minimum Gasteiger partial charge on any atom is -0.504 e. The number of phenolic OH excluding ortho intramolecular Hbond substituents is 1. The van der Waals surface area contributed by atoms with E-state index in [9.17, 15) is 15.0 Å². The van der Waals surface area contributed by atoms with Gasteiger partial charge in [-0.15, -0.1) is 12.4 Å². The van der Waals surface area contributed by atoms with Gasteiger partial charge in [-0.2, -0.15) is 11.8 Å². The number of aliphatic hydroxyl groups is 1. The van der Waals surface area contributed by atoms with Gasteiger partial charge in [-0.3, -0.25) is 4.79 Å². The predicted octanol–water partition coefficient (Wildman–Crippen LogP) is 1.17. The molecule has 1 rings (SSSR count). The van der Waals surface area contributed by atoms with E-state index in [1.54, 1.807) is 23.9 Å². The van der Waals surface area contributed by atoms with Crippen molar-refractivity contribution in [2.24, 2.45) is 11.7 Å². The van der Waals surface area contributed by atoms with Gasteiger partial charge in [-0.1, -0.05) is 6.07 Å². The van der Waals surface area contributed by atoms with Crippen LogP contribution in [0.5, 0.6) is 11.5 Å². The fourth-order valence-electron chi connectivity index (χ4n) is 2.15. The zero-order valence-corrected chi connectivity index (χ0v) is 15.7. The van der Waals surface area contributed by atoms with Crippen LogP contribution in [0.2, 0.25) is 0 Å².